The summed E-state index contributed by atoms with van der Waals surface area (Å²) in [4.78, 5) is 2.32. The molecule has 0 saturated carbocycles. The van der Waals surface area contributed by atoms with Crippen LogP contribution >= 0.6 is 0 Å². The van der Waals surface area contributed by atoms with E-state index < -0.39 is 0 Å². The van der Waals surface area contributed by atoms with E-state index in [0.717, 1.165) is 88.7 Å². The van der Waals surface area contributed by atoms with Gasteiger partial charge in [0.2, 0.25) is 0 Å². The number of aromatic nitrogens is 1. The van der Waals surface area contributed by atoms with Gasteiger partial charge in [-0.05, 0) is 89.0 Å². The van der Waals surface area contributed by atoms with Gasteiger partial charge in [-0.15, -0.1) is 0 Å². The summed E-state index contributed by atoms with van der Waals surface area (Å²) < 4.78 is 23.5. The molecule has 11 aromatic rings. The zero-order valence-electron chi connectivity index (χ0n) is 31.4. The number of fused-ring (bicyclic) bond motifs is 6. The molecular weight excluding hydrogens is 712 g/mol. The maximum Gasteiger partial charge on any atom is 0.143 e. The summed E-state index contributed by atoms with van der Waals surface area (Å²) in [6.45, 7) is 0. The topological polar surface area (TPSA) is 21.3 Å². The van der Waals surface area contributed by atoms with E-state index in [1.807, 2.05) is 36.4 Å². The van der Waals surface area contributed by atoms with Crippen LogP contribution in [-0.4, -0.2) is 4.57 Å². The summed E-state index contributed by atoms with van der Waals surface area (Å²) >= 11 is 0. The number of furan rings is 1. The van der Waals surface area contributed by atoms with E-state index in [9.17, 15) is 4.39 Å². The molecule has 0 saturated heterocycles. The largest absolute Gasteiger partial charge is 0.455 e. The predicted octanol–water partition coefficient (Wildman–Crippen LogP) is 15.3. The zero-order valence-corrected chi connectivity index (χ0v) is 31.4. The Morgan fingerprint density at radius 3 is 1.88 bits per heavy atom. The van der Waals surface area contributed by atoms with Gasteiger partial charge in [0.25, 0.3) is 0 Å². The molecule has 0 N–H and O–H groups in total. The van der Waals surface area contributed by atoms with Crippen LogP contribution in [0.3, 0.4) is 0 Å². The van der Waals surface area contributed by atoms with E-state index >= 15 is 0 Å². The molecule has 0 fully saturated rings. The minimum atomic E-state index is -0.264. The standard InChI is InChI=1S/C54H35FN2O/c55-40-30-33-47-46-17-5-8-22-51(46)57(52(47)34-40)43-15-10-14-42(35-43)56(50-21-7-4-16-44(50)38-26-24-37(25-27-38)36-12-2-1-3-13-36)41-31-28-39(29-32-41)45-19-11-20-49-48-18-6-9-23-53(48)58-54(45)49/h1-35H. The first-order valence-corrected chi connectivity index (χ1v) is 19.5. The third kappa shape index (κ3) is 5.65. The van der Waals surface area contributed by atoms with Crippen molar-refractivity contribution < 1.29 is 8.81 Å². The lowest BCUT2D eigenvalue weighted by Crippen LogP contribution is -2.11. The Balaban J connectivity index is 1.08. The second kappa shape index (κ2) is 13.8. The van der Waals surface area contributed by atoms with Crippen LogP contribution < -0.4 is 4.90 Å². The van der Waals surface area contributed by atoms with Gasteiger partial charge in [-0.2, -0.15) is 0 Å². The zero-order chi connectivity index (χ0) is 38.6. The average molecular weight is 747 g/mol. The summed E-state index contributed by atoms with van der Waals surface area (Å²) in [7, 11) is 0. The molecule has 0 spiro atoms. The number of nitrogens with zero attached hydrogens (tertiary/aromatic N) is 2. The van der Waals surface area contributed by atoms with Gasteiger partial charge in [0.15, 0.2) is 0 Å². The first-order chi connectivity index (χ1) is 28.7. The van der Waals surface area contributed by atoms with Gasteiger partial charge in [-0.1, -0.05) is 146 Å². The molecule has 274 valence electrons. The van der Waals surface area contributed by atoms with Crippen molar-refractivity contribution >= 4 is 60.8 Å². The van der Waals surface area contributed by atoms with E-state index in [4.69, 9.17) is 4.42 Å². The van der Waals surface area contributed by atoms with Crippen LogP contribution in [0.15, 0.2) is 217 Å². The molecule has 58 heavy (non-hydrogen) atoms. The minimum Gasteiger partial charge on any atom is -0.455 e. The van der Waals surface area contributed by atoms with Crippen LogP contribution in [0.1, 0.15) is 0 Å². The molecule has 0 amide bonds. The van der Waals surface area contributed by atoms with Crippen LogP contribution in [0, 0.1) is 5.82 Å². The van der Waals surface area contributed by atoms with Crippen LogP contribution in [-0.2, 0) is 0 Å². The molecule has 9 aromatic carbocycles. The number of para-hydroxylation sites is 4. The number of rotatable bonds is 7. The number of hydrogen-bond acceptors (Lipinski definition) is 2. The number of anilines is 3. The highest BCUT2D eigenvalue weighted by Crippen LogP contribution is 2.44. The highest BCUT2D eigenvalue weighted by atomic mass is 19.1. The fourth-order valence-corrected chi connectivity index (χ4v) is 8.57. The highest BCUT2D eigenvalue weighted by Gasteiger charge is 2.20. The lowest BCUT2D eigenvalue weighted by atomic mass is 9.98. The van der Waals surface area contributed by atoms with Crippen molar-refractivity contribution in [3.63, 3.8) is 0 Å². The van der Waals surface area contributed by atoms with Crippen LogP contribution in [0.5, 0.6) is 0 Å². The SMILES string of the molecule is Fc1ccc2c3ccccc3n(-c3cccc(N(c4ccc(-c5cccc6c5oc5ccccc56)cc4)c4ccccc4-c4ccc(-c5ccccc5)cc4)c3)c2c1. The maximum absolute atomic E-state index is 14.9. The van der Waals surface area contributed by atoms with Crippen molar-refractivity contribution in [1.29, 1.82) is 0 Å². The lowest BCUT2D eigenvalue weighted by Gasteiger charge is -2.28. The molecule has 0 aliphatic carbocycles. The van der Waals surface area contributed by atoms with Crippen molar-refractivity contribution in [3.8, 4) is 39.1 Å². The van der Waals surface area contributed by atoms with Gasteiger partial charge in [0.05, 0.1) is 16.7 Å². The molecule has 0 aliphatic rings. The molecule has 0 aliphatic heterocycles. The van der Waals surface area contributed by atoms with E-state index in [2.05, 4.69) is 173 Å². The molecule has 0 unspecified atom stereocenters. The van der Waals surface area contributed by atoms with Crippen LogP contribution in [0.4, 0.5) is 21.5 Å². The van der Waals surface area contributed by atoms with E-state index in [1.54, 1.807) is 12.1 Å². The van der Waals surface area contributed by atoms with Crippen molar-refractivity contribution in [2.45, 2.75) is 0 Å². The lowest BCUT2D eigenvalue weighted by molar-refractivity contribution is 0.629. The van der Waals surface area contributed by atoms with Crippen molar-refractivity contribution in [2.24, 2.45) is 0 Å². The summed E-state index contributed by atoms with van der Waals surface area (Å²) in [5.41, 5.74) is 14.2. The third-order valence-electron chi connectivity index (χ3n) is 11.3. The number of hydrogen-bond donors (Lipinski definition) is 0. The summed E-state index contributed by atoms with van der Waals surface area (Å²) in [5, 5.41) is 4.31. The Labute approximate surface area is 335 Å². The Bertz CT molecular complexity index is 3290. The normalized spacial score (nSPS) is 11.5. The summed E-state index contributed by atoms with van der Waals surface area (Å²) in [5.74, 6) is -0.264. The molecule has 0 radical (unpaired) electrons. The summed E-state index contributed by atoms with van der Waals surface area (Å²) in [6.07, 6.45) is 0. The molecule has 3 nitrogen and oxygen atoms in total. The van der Waals surface area contributed by atoms with Crippen LogP contribution in [0.2, 0.25) is 0 Å². The van der Waals surface area contributed by atoms with E-state index in [0.29, 0.717) is 0 Å². The fraction of sp³-hybridized carbons (Fsp3) is 0. The van der Waals surface area contributed by atoms with Crippen molar-refractivity contribution in [2.75, 3.05) is 4.90 Å². The second-order valence-electron chi connectivity index (χ2n) is 14.7. The summed E-state index contributed by atoms with van der Waals surface area (Å²) in [6, 6.07) is 73.0. The van der Waals surface area contributed by atoms with Gasteiger partial charge in [-0.25, -0.2) is 4.39 Å². The molecule has 2 heterocycles. The van der Waals surface area contributed by atoms with E-state index in [-0.39, 0.29) is 5.82 Å². The van der Waals surface area contributed by atoms with E-state index in [1.165, 1.54) is 11.1 Å². The molecule has 4 heteroatoms. The Morgan fingerprint density at radius 1 is 0.397 bits per heavy atom. The van der Waals surface area contributed by atoms with Crippen molar-refractivity contribution in [3.05, 3.63) is 218 Å². The maximum atomic E-state index is 14.9. The third-order valence-corrected chi connectivity index (χ3v) is 11.3. The van der Waals surface area contributed by atoms with Crippen molar-refractivity contribution in [1.82, 2.24) is 4.57 Å². The Hall–Kier alpha value is -7.69. The second-order valence-corrected chi connectivity index (χ2v) is 14.7. The Kier molecular flexibility index (Phi) is 8.00. The van der Waals surface area contributed by atoms with Gasteiger partial charge in [0, 0.05) is 49.7 Å². The van der Waals surface area contributed by atoms with Crippen LogP contribution in [0.25, 0.3) is 82.8 Å². The van der Waals surface area contributed by atoms with Gasteiger partial charge < -0.3 is 13.9 Å². The quantitative estimate of drug-likeness (QED) is 0.162. The predicted molar refractivity (Wildman–Crippen MR) is 239 cm³/mol. The average Bonchev–Trinajstić information content (AvgIpc) is 3.83. The van der Waals surface area contributed by atoms with Gasteiger partial charge in [0.1, 0.15) is 17.0 Å². The Morgan fingerprint density at radius 2 is 1.02 bits per heavy atom. The first-order valence-electron chi connectivity index (χ1n) is 19.5. The molecule has 0 atom stereocenters. The van der Waals surface area contributed by atoms with Gasteiger partial charge >= 0.3 is 0 Å². The number of halogens is 1. The smallest absolute Gasteiger partial charge is 0.143 e. The minimum absolute atomic E-state index is 0.264. The highest BCUT2D eigenvalue weighted by molar-refractivity contribution is 6.10. The first kappa shape index (κ1) is 33.6. The monoisotopic (exact) mass is 746 g/mol. The molecule has 11 rings (SSSR count). The number of benzene rings is 9. The molecule has 0 bridgehead atoms. The molecule has 2 aromatic heterocycles. The molecular formula is C54H35FN2O. The fourth-order valence-electron chi connectivity index (χ4n) is 8.57. The van der Waals surface area contributed by atoms with Gasteiger partial charge in [-0.3, -0.25) is 0 Å².